The van der Waals surface area contributed by atoms with E-state index < -0.39 is 5.54 Å². The lowest BCUT2D eigenvalue weighted by atomic mass is 9.98. The molecule has 100 valence electrons. The molecular weight excluding hydrogens is 246 g/mol. The highest BCUT2D eigenvalue weighted by atomic mass is 32.1. The van der Waals surface area contributed by atoms with Crippen molar-refractivity contribution in [3.05, 3.63) is 21.4 Å². The fraction of sp³-hybridized carbons (Fsp3) is 0.643. The molecule has 2 N–H and O–H groups in total. The quantitative estimate of drug-likeness (QED) is 0.880. The molecule has 0 bridgehead atoms. The van der Waals surface area contributed by atoms with Gasteiger partial charge in [-0.05, 0) is 50.7 Å². The van der Waals surface area contributed by atoms with Crippen LogP contribution in [-0.4, -0.2) is 23.2 Å². The minimum atomic E-state index is -0.512. The van der Waals surface area contributed by atoms with Crippen molar-refractivity contribution in [2.45, 2.75) is 51.5 Å². The normalized spacial score (nSPS) is 17.9. The van der Waals surface area contributed by atoms with Crippen LogP contribution >= 0.6 is 11.3 Å². The van der Waals surface area contributed by atoms with Gasteiger partial charge in [0.15, 0.2) is 0 Å². The van der Waals surface area contributed by atoms with Crippen LogP contribution in [0.5, 0.6) is 0 Å². The summed E-state index contributed by atoms with van der Waals surface area (Å²) in [7, 11) is 0. The average molecular weight is 267 g/mol. The smallest absolute Gasteiger partial charge is 0.261 e. The Morgan fingerprint density at radius 1 is 1.50 bits per heavy atom. The Bertz CT molecular complexity index is 412. The van der Waals surface area contributed by atoms with Crippen molar-refractivity contribution >= 4 is 17.2 Å². The predicted octanol–water partition coefficient (Wildman–Crippen LogP) is 2.52. The van der Waals surface area contributed by atoms with Crippen LogP contribution < -0.4 is 5.32 Å². The number of fused-ring (bicyclic) bond motifs is 1. The van der Waals surface area contributed by atoms with Crippen molar-refractivity contribution in [3.63, 3.8) is 0 Å². The second-order valence-corrected chi connectivity index (χ2v) is 6.43. The molecule has 2 rings (SSSR count). The Labute approximate surface area is 112 Å². The summed E-state index contributed by atoms with van der Waals surface area (Å²) in [4.78, 5) is 14.3. The third-order valence-corrected chi connectivity index (χ3v) is 5.00. The number of rotatable bonds is 4. The summed E-state index contributed by atoms with van der Waals surface area (Å²) in [6.07, 6.45) is 5.40. The molecule has 1 aliphatic carbocycles. The molecule has 1 amide bonds. The van der Waals surface area contributed by atoms with Crippen molar-refractivity contribution in [2.24, 2.45) is 0 Å². The standard InChI is InChI=1S/C14H21NO2S/c1-3-14(2,9-16)15-13(17)12-8-10-6-4-5-7-11(10)18-12/h8,16H,3-7,9H2,1-2H3,(H,15,17). The van der Waals surface area contributed by atoms with E-state index in [0.29, 0.717) is 0 Å². The molecule has 0 saturated carbocycles. The highest BCUT2D eigenvalue weighted by molar-refractivity contribution is 7.14. The highest BCUT2D eigenvalue weighted by Gasteiger charge is 2.25. The molecule has 0 aromatic carbocycles. The SMILES string of the molecule is CCC(C)(CO)NC(=O)c1cc2c(s1)CCCC2. The minimum Gasteiger partial charge on any atom is -0.394 e. The topological polar surface area (TPSA) is 49.3 Å². The predicted molar refractivity (Wildman–Crippen MR) is 74.2 cm³/mol. The Kier molecular flexibility index (Phi) is 4.07. The number of amides is 1. The van der Waals surface area contributed by atoms with E-state index in [4.69, 9.17) is 0 Å². The van der Waals surface area contributed by atoms with Crippen LogP contribution in [0.15, 0.2) is 6.07 Å². The molecule has 1 unspecified atom stereocenters. The van der Waals surface area contributed by atoms with Gasteiger partial charge in [-0.2, -0.15) is 0 Å². The summed E-state index contributed by atoms with van der Waals surface area (Å²) in [6.45, 7) is 3.81. The summed E-state index contributed by atoms with van der Waals surface area (Å²) < 4.78 is 0. The van der Waals surface area contributed by atoms with Crippen molar-refractivity contribution in [1.82, 2.24) is 5.32 Å². The molecule has 0 aliphatic heterocycles. The fourth-order valence-electron chi connectivity index (χ4n) is 2.18. The monoisotopic (exact) mass is 267 g/mol. The molecule has 0 spiro atoms. The third-order valence-electron chi connectivity index (χ3n) is 3.76. The summed E-state index contributed by atoms with van der Waals surface area (Å²) in [6, 6.07) is 2.03. The van der Waals surface area contributed by atoms with Crippen LogP contribution in [0.25, 0.3) is 0 Å². The zero-order valence-corrected chi connectivity index (χ0v) is 11.9. The zero-order chi connectivity index (χ0) is 13.2. The van der Waals surface area contributed by atoms with Gasteiger partial charge in [-0.3, -0.25) is 4.79 Å². The van der Waals surface area contributed by atoms with Crippen molar-refractivity contribution in [1.29, 1.82) is 0 Å². The summed E-state index contributed by atoms with van der Waals surface area (Å²) in [5.74, 6) is -0.0483. The van der Waals surface area contributed by atoms with Gasteiger partial charge in [-0.1, -0.05) is 6.92 Å². The van der Waals surface area contributed by atoms with Gasteiger partial charge >= 0.3 is 0 Å². The third kappa shape index (κ3) is 2.75. The number of aliphatic hydroxyl groups excluding tert-OH is 1. The van der Waals surface area contributed by atoms with Gasteiger partial charge in [0.1, 0.15) is 0 Å². The van der Waals surface area contributed by atoms with E-state index in [2.05, 4.69) is 5.32 Å². The molecule has 1 heterocycles. The number of thiophene rings is 1. The van der Waals surface area contributed by atoms with Gasteiger partial charge in [-0.15, -0.1) is 11.3 Å². The summed E-state index contributed by atoms with van der Waals surface area (Å²) in [5, 5.41) is 12.3. The molecular formula is C14H21NO2S. The van der Waals surface area contributed by atoms with Crippen LogP contribution in [-0.2, 0) is 12.8 Å². The highest BCUT2D eigenvalue weighted by Crippen LogP contribution is 2.29. The number of nitrogens with one attached hydrogen (secondary N) is 1. The lowest BCUT2D eigenvalue weighted by molar-refractivity contribution is 0.0851. The van der Waals surface area contributed by atoms with E-state index in [0.717, 1.165) is 24.1 Å². The maximum absolute atomic E-state index is 12.2. The van der Waals surface area contributed by atoms with Crippen LogP contribution in [0.3, 0.4) is 0 Å². The average Bonchev–Trinajstić information content (AvgIpc) is 2.82. The van der Waals surface area contributed by atoms with Crippen LogP contribution in [0.4, 0.5) is 0 Å². The van der Waals surface area contributed by atoms with E-state index in [1.807, 2.05) is 19.9 Å². The van der Waals surface area contributed by atoms with Gasteiger partial charge in [0.05, 0.1) is 17.0 Å². The van der Waals surface area contributed by atoms with Crippen molar-refractivity contribution in [3.8, 4) is 0 Å². The first-order valence-corrected chi connectivity index (χ1v) is 7.44. The minimum absolute atomic E-state index is 0.0275. The number of hydrogen-bond donors (Lipinski definition) is 2. The first kappa shape index (κ1) is 13.6. The lowest BCUT2D eigenvalue weighted by Crippen LogP contribution is -2.48. The van der Waals surface area contributed by atoms with Crippen LogP contribution in [0, 0.1) is 0 Å². The van der Waals surface area contributed by atoms with Crippen molar-refractivity contribution < 1.29 is 9.90 Å². The largest absolute Gasteiger partial charge is 0.394 e. The molecule has 0 fully saturated rings. The second kappa shape index (κ2) is 5.41. The fourth-order valence-corrected chi connectivity index (χ4v) is 3.33. The number of hydrogen-bond acceptors (Lipinski definition) is 3. The van der Waals surface area contributed by atoms with E-state index in [-0.39, 0.29) is 12.5 Å². The first-order valence-electron chi connectivity index (χ1n) is 6.63. The van der Waals surface area contributed by atoms with Gasteiger partial charge in [-0.25, -0.2) is 0 Å². The maximum Gasteiger partial charge on any atom is 0.261 e. The molecule has 18 heavy (non-hydrogen) atoms. The number of carbonyl (C=O) groups is 1. The molecule has 0 radical (unpaired) electrons. The molecule has 0 saturated heterocycles. The maximum atomic E-state index is 12.2. The van der Waals surface area contributed by atoms with E-state index in [1.54, 1.807) is 11.3 Å². The number of carbonyl (C=O) groups excluding carboxylic acids is 1. The molecule has 1 aromatic rings. The van der Waals surface area contributed by atoms with E-state index in [9.17, 15) is 9.90 Å². The molecule has 1 aromatic heterocycles. The lowest BCUT2D eigenvalue weighted by Gasteiger charge is -2.26. The summed E-state index contributed by atoms with van der Waals surface area (Å²) in [5.41, 5.74) is 0.834. The molecule has 3 nitrogen and oxygen atoms in total. The second-order valence-electron chi connectivity index (χ2n) is 5.29. The van der Waals surface area contributed by atoms with Crippen molar-refractivity contribution in [2.75, 3.05) is 6.61 Å². The van der Waals surface area contributed by atoms with E-state index >= 15 is 0 Å². The number of aliphatic hydroxyl groups is 1. The number of aryl methyl sites for hydroxylation is 2. The zero-order valence-electron chi connectivity index (χ0n) is 11.1. The Balaban J connectivity index is 2.11. The van der Waals surface area contributed by atoms with Gasteiger partial charge in [0.25, 0.3) is 5.91 Å². The van der Waals surface area contributed by atoms with Gasteiger partial charge in [0, 0.05) is 4.88 Å². The van der Waals surface area contributed by atoms with E-state index in [1.165, 1.54) is 23.3 Å². The Morgan fingerprint density at radius 3 is 2.83 bits per heavy atom. The van der Waals surface area contributed by atoms with Gasteiger partial charge < -0.3 is 10.4 Å². The molecule has 1 atom stereocenters. The molecule has 4 heteroatoms. The molecule has 1 aliphatic rings. The first-order chi connectivity index (χ1) is 8.58. The van der Waals surface area contributed by atoms with Crippen LogP contribution in [0.2, 0.25) is 0 Å². The van der Waals surface area contributed by atoms with Crippen LogP contribution in [0.1, 0.15) is 53.2 Å². The Morgan fingerprint density at radius 2 is 2.22 bits per heavy atom. The summed E-state index contributed by atoms with van der Waals surface area (Å²) >= 11 is 1.61. The van der Waals surface area contributed by atoms with Gasteiger partial charge in [0.2, 0.25) is 0 Å². The Hall–Kier alpha value is -0.870.